The molecule has 0 bridgehead atoms. The van der Waals surface area contributed by atoms with E-state index in [1.165, 1.54) is 24.8 Å². The van der Waals surface area contributed by atoms with E-state index in [4.69, 9.17) is 9.47 Å². The summed E-state index contributed by atoms with van der Waals surface area (Å²) in [4.78, 5) is 14.9. The molecule has 0 radical (unpaired) electrons. The first-order valence-corrected chi connectivity index (χ1v) is 9.12. The molecule has 4 heteroatoms. The molecule has 2 aliphatic rings. The summed E-state index contributed by atoms with van der Waals surface area (Å²) >= 11 is 0. The van der Waals surface area contributed by atoms with Gasteiger partial charge in [0.25, 0.3) is 0 Å². The number of amides is 1. The number of likely N-dealkylation sites (tertiary alicyclic amines) is 1. The van der Waals surface area contributed by atoms with Crippen molar-refractivity contribution in [1.82, 2.24) is 4.90 Å². The maximum absolute atomic E-state index is 12.8. The highest BCUT2D eigenvalue weighted by molar-refractivity contribution is 5.77. The monoisotopic (exact) mass is 331 g/mol. The minimum atomic E-state index is 0.300. The van der Waals surface area contributed by atoms with Crippen molar-refractivity contribution in [2.45, 2.75) is 44.9 Å². The highest BCUT2D eigenvalue weighted by atomic mass is 16.5. The topological polar surface area (TPSA) is 38.8 Å². The smallest absolute Gasteiger partial charge is 0.223 e. The van der Waals surface area contributed by atoms with Crippen LogP contribution in [0, 0.1) is 11.8 Å². The van der Waals surface area contributed by atoms with Gasteiger partial charge in [-0.25, -0.2) is 0 Å². The Kier molecular flexibility index (Phi) is 5.32. The standard InChI is InChI=1S/C20H29NO3/c1-14-5-4-10-21(13-14)20(22)12-17(15-6-7-15)16-8-9-18(23-2)19(11-16)24-3/h8-9,11,14-15,17H,4-7,10,12-13H2,1-3H3. The van der Waals surface area contributed by atoms with E-state index in [9.17, 15) is 4.79 Å². The van der Waals surface area contributed by atoms with E-state index in [0.29, 0.717) is 30.1 Å². The molecule has 2 atom stereocenters. The Bertz CT molecular complexity index is 582. The highest BCUT2D eigenvalue weighted by Gasteiger charge is 2.35. The molecular weight excluding hydrogens is 302 g/mol. The van der Waals surface area contributed by atoms with Gasteiger partial charge in [-0.05, 0) is 61.1 Å². The first kappa shape index (κ1) is 17.1. The molecule has 1 aromatic rings. The molecule has 1 heterocycles. The van der Waals surface area contributed by atoms with Crippen LogP contribution in [0.15, 0.2) is 18.2 Å². The van der Waals surface area contributed by atoms with Gasteiger partial charge in [0.15, 0.2) is 11.5 Å². The first-order chi connectivity index (χ1) is 11.6. The second-order valence-electron chi connectivity index (χ2n) is 7.35. The number of carbonyl (C=O) groups excluding carboxylic acids is 1. The lowest BCUT2D eigenvalue weighted by atomic mass is 9.89. The molecule has 0 spiro atoms. The second kappa shape index (κ2) is 7.45. The van der Waals surface area contributed by atoms with Crippen LogP contribution in [-0.2, 0) is 4.79 Å². The summed E-state index contributed by atoms with van der Waals surface area (Å²) in [5, 5.41) is 0. The predicted molar refractivity (Wildman–Crippen MR) is 94.6 cm³/mol. The first-order valence-electron chi connectivity index (χ1n) is 9.12. The number of ether oxygens (including phenoxy) is 2. The zero-order valence-electron chi connectivity index (χ0n) is 15.1. The Hall–Kier alpha value is -1.71. The molecule has 24 heavy (non-hydrogen) atoms. The quantitative estimate of drug-likeness (QED) is 0.795. The Morgan fingerprint density at radius 3 is 2.58 bits per heavy atom. The van der Waals surface area contributed by atoms with Crippen molar-refractivity contribution >= 4 is 5.91 Å². The number of carbonyl (C=O) groups is 1. The lowest BCUT2D eigenvalue weighted by Gasteiger charge is -2.32. The summed E-state index contributed by atoms with van der Waals surface area (Å²) in [7, 11) is 3.31. The molecule has 1 aromatic carbocycles. The van der Waals surface area contributed by atoms with E-state index in [2.05, 4.69) is 17.9 Å². The van der Waals surface area contributed by atoms with Crippen LogP contribution in [0.4, 0.5) is 0 Å². The summed E-state index contributed by atoms with van der Waals surface area (Å²) in [6, 6.07) is 6.10. The summed E-state index contributed by atoms with van der Waals surface area (Å²) in [6.45, 7) is 4.08. The van der Waals surface area contributed by atoms with Gasteiger partial charge in [-0.3, -0.25) is 4.79 Å². The summed E-state index contributed by atoms with van der Waals surface area (Å²) in [5.41, 5.74) is 1.20. The molecule has 1 aliphatic heterocycles. The van der Waals surface area contributed by atoms with Gasteiger partial charge in [0, 0.05) is 19.5 Å². The average molecular weight is 331 g/mol. The molecule has 1 saturated heterocycles. The fourth-order valence-electron chi connectivity index (χ4n) is 3.87. The fourth-order valence-corrected chi connectivity index (χ4v) is 3.87. The molecule has 3 rings (SSSR count). The molecule has 1 saturated carbocycles. The number of methoxy groups -OCH3 is 2. The normalized spacial score (nSPS) is 22.1. The van der Waals surface area contributed by atoms with Gasteiger partial charge in [0.2, 0.25) is 5.91 Å². The van der Waals surface area contributed by atoms with E-state index in [0.717, 1.165) is 31.0 Å². The molecule has 2 fully saturated rings. The van der Waals surface area contributed by atoms with Gasteiger partial charge in [-0.1, -0.05) is 13.0 Å². The number of hydrogen-bond donors (Lipinski definition) is 0. The number of piperidine rings is 1. The highest BCUT2D eigenvalue weighted by Crippen LogP contribution is 2.46. The van der Waals surface area contributed by atoms with Crippen LogP contribution >= 0.6 is 0 Å². The van der Waals surface area contributed by atoms with E-state index in [1.807, 2.05) is 12.1 Å². The summed E-state index contributed by atoms with van der Waals surface area (Å²) < 4.78 is 10.8. The number of nitrogens with zero attached hydrogens (tertiary/aromatic N) is 1. The van der Waals surface area contributed by atoms with E-state index < -0.39 is 0 Å². The molecule has 1 amide bonds. The van der Waals surface area contributed by atoms with Gasteiger partial charge in [0.1, 0.15) is 0 Å². The molecule has 0 N–H and O–H groups in total. The van der Waals surface area contributed by atoms with Gasteiger partial charge in [-0.2, -0.15) is 0 Å². The van der Waals surface area contributed by atoms with Crippen molar-refractivity contribution in [3.8, 4) is 11.5 Å². The predicted octanol–water partition coefficient (Wildman–Crippen LogP) is 3.85. The van der Waals surface area contributed by atoms with Gasteiger partial charge in [-0.15, -0.1) is 0 Å². The summed E-state index contributed by atoms with van der Waals surface area (Å²) in [6.07, 6.45) is 5.45. The minimum Gasteiger partial charge on any atom is -0.493 e. The Morgan fingerprint density at radius 1 is 1.21 bits per heavy atom. The lowest BCUT2D eigenvalue weighted by molar-refractivity contribution is -0.133. The molecule has 132 valence electrons. The van der Waals surface area contributed by atoms with Crippen LogP contribution in [-0.4, -0.2) is 38.1 Å². The largest absolute Gasteiger partial charge is 0.493 e. The number of rotatable bonds is 6. The molecule has 2 unspecified atom stereocenters. The van der Waals surface area contributed by atoms with Crippen LogP contribution in [0.5, 0.6) is 11.5 Å². The van der Waals surface area contributed by atoms with E-state index in [1.54, 1.807) is 14.2 Å². The van der Waals surface area contributed by atoms with Crippen molar-refractivity contribution < 1.29 is 14.3 Å². The maximum atomic E-state index is 12.8. The molecular formula is C20H29NO3. The van der Waals surface area contributed by atoms with Gasteiger partial charge >= 0.3 is 0 Å². The molecule has 1 aliphatic carbocycles. The van der Waals surface area contributed by atoms with E-state index in [-0.39, 0.29) is 0 Å². The lowest BCUT2D eigenvalue weighted by Crippen LogP contribution is -2.39. The second-order valence-corrected chi connectivity index (χ2v) is 7.35. The van der Waals surface area contributed by atoms with Crippen LogP contribution in [0.25, 0.3) is 0 Å². The third kappa shape index (κ3) is 3.85. The van der Waals surface area contributed by atoms with Crippen molar-refractivity contribution in [2.75, 3.05) is 27.3 Å². The van der Waals surface area contributed by atoms with Crippen molar-refractivity contribution in [3.05, 3.63) is 23.8 Å². The van der Waals surface area contributed by atoms with Crippen LogP contribution in [0.1, 0.15) is 50.5 Å². The van der Waals surface area contributed by atoms with Crippen molar-refractivity contribution in [2.24, 2.45) is 11.8 Å². The van der Waals surface area contributed by atoms with Crippen molar-refractivity contribution in [3.63, 3.8) is 0 Å². The SMILES string of the molecule is COc1ccc(C(CC(=O)N2CCCC(C)C2)C2CC2)cc1OC. The molecule has 4 nitrogen and oxygen atoms in total. The maximum Gasteiger partial charge on any atom is 0.223 e. The zero-order chi connectivity index (χ0) is 17.1. The van der Waals surface area contributed by atoms with Crippen LogP contribution < -0.4 is 9.47 Å². The molecule has 0 aromatic heterocycles. The summed E-state index contributed by atoms with van der Waals surface area (Å²) in [5.74, 6) is 3.37. The third-order valence-corrected chi connectivity index (χ3v) is 5.43. The minimum absolute atomic E-state index is 0.300. The van der Waals surface area contributed by atoms with Gasteiger partial charge in [0.05, 0.1) is 14.2 Å². The third-order valence-electron chi connectivity index (χ3n) is 5.43. The Morgan fingerprint density at radius 2 is 1.96 bits per heavy atom. The Labute approximate surface area is 145 Å². The zero-order valence-corrected chi connectivity index (χ0v) is 15.1. The Balaban J connectivity index is 1.74. The van der Waals surface area contributed by atoms with Crippen LogP contribution in [0.3, 0.4) is 0 Å². The van der Waals surface area contributed by atoms with Gasteiger partial charge < -0.3 is 14.4 Å². The van der Waals surface area contributed by atoms with Crippen LogP contribution in [0.2, 0.25) is 0 Å². The number of benzene rings is 1. The number of hydrogen-bond acceptors (Lipinski definition) is 3. The van der Waals surface area contributed by atoms with E-state index >= 15 is 0 Å². The fraction of sp³-hybridized carbons (Fsp3) is 0.650. The van der Waals surface area contributed by atoms with Crippen molar-refractivity contribution in [1.29, 1.82) is 0 Å². The average Bonchev–Trinajstić information content (AvgIpc) is 3.43.